The minimum atomic E-state index is -3.58. The summed E-state index contributed by atoms with van der Waals surface area (Å²) in [5, 5.41) is 0. The maximum atomic E-state index is 12.8. The zero-order valence-electron chi connectivity index (χ0n) is 13.7. The highest BCUT2D eigenvalue weighted by molar-refractivity contribution is 9.10. The van der Waals surface area contributed by atoms with E-state index in [2.05, 4.69) is 20.9 Å². The number of nitrogens with zero attached hydrogens (tertiary/aromatic N) is 3. The molecule has 0 spiro atoms. The third-order valence-electron chi connectivity index (χ3n) is 4.22. The van der Waals surface area contributed by atoms with E-state index in [1.807, 2.05) is 0 Å². The average Bonchev–Trinajstić information content (AvgIpc) is 2.62. The second kappa shape index (κ2) is 7.23. The van der Waals surface area contributed by atoms with Crippen LogP contribution in [0.15, 0.2) is 52.0 Å². The minimum Gasteiger partial charge on any atom is -0.336 e. The Morgan fingerprint density at radius 3 is 2.40 bits per heavy atom. The zero-order chi connectivity index (χ0) is 18.0. The second-order valence-electron chi connectivity index (χ2n) is 5.76. The number of sulfonamides is 1. The Kier molecular flexibility index (Phi) is 5.21. The Hall–Kier alpha value is -1.77. The van der Waals surface area contributed by atoms with Crippen LogP contribution in [0.4, 0.5) is 0 Å². The smallest absolute Gasteiger partial charge is 0.255 e. The first-order valence-electron chi connectivity index (χ1n) is 7.87. The monoisotopic (exact) mass is 423 g/mol. The van der Waals surface area contributed by atoms with Gasteiger partial charge in [0.15, 0.2) is 0 Å². The summed E-state index contributed by atoms with van der Waals surface area (Å²) < 4.78 is 27.5. The van der Waals surface area contributed by atoms with Crippen molar-refractivity contribution in [1.82, 2.24) is 14.2 Å². The van der Waals surface area contributed by atoms with Crippen molar-refractivity contribution in [3.05, 3.63) is 58.3 Å². The third kappa shape index (κ3) is 3.61. The van der Waals surface area contributed by atoms with E-state index in [0.29, 0.717) is 28.8 Å². The average molecular weight is 424 g/mol. The highest BCUT2D eigenvalue weighted by atomic mass is 79.9. The number of aromatic nitrogens is 1. The van der Waals surface area contributed by atoms with Gasteiger partial charge in [0, 0.05) is 42.5 Å². The molecule has 3 rings (SSSR count). The van der Waals surface area contributed by atoms with Gasteiger partial charge in [-0.25, -0.2) is 8.42 Å². The maximum absolute atomic E-state index is 12.8. The van der Waals surface area contributed by atoms with E-state index in [4.69, 9.17) is 0 Å². The summed E-state index contributed by atoms with van der Waals surface area (Å²) in [5.41, 5.74) is 1.24. The molecule has 0 aliphatic carbocycles. The number of carbonyl (C=O) groups excluding carboxylic acids is 1. The highest BCUT2D eigenvalue weighted by Gasteiger charge is 2.31. The van der Waals surface area contributed by atoms with Crippen LogP contribution >= 0.6 is 15.9 Å². The molecule has 2 aromatic rings. The van der Waals surface area contributed by atoms with Crippen LogP contribution in [0, 0.1) is 6.92 Å². The number of carbonyl (C=O) groups is 1. The van der Waals surface area contributed by atoms with Crippen LogP contribution in [0.2, 0.25) is 0 Å². The van der Waals surface area contributed by atoms with Crippen LogP contribution in [0.1, 0.15) is 16.1 Å². The predicted molar refractivity (Wildman–Crippen MR) is 97.8 cm³/mol. The van der Waals surface area contributed by atoms with Gasteiger partial charge in [0.25, 0.3) is 5.91 Å². The van der Waals surface area contributed by atoms with E-state index < -0.39 is 10.0 Å². The lowest BCUT2D eigenvalue weighted by Gasteiger charge is -2.34. The number of pyridine rings is 1. The van der Waals surface area contributed by atoms with Gasteiger partial charge in [-0.05, 0) is 47.1 Å². The van der Waals surface area contributed by atoms with E-state index in [1.54, 1.807) is 54.4 Å². The lowest BCUT2D eigenvalue weighted by molar-refractivity contribution is 0.0696. The van der Waals surface area contributed by atoms with Gasteiger partial charge in [0.2, 0.25) is 10.0 Å². The fourth-order valence-corrected chi connectivity index (χ4v) is 5.19. The summed E-state index contributed by atoms with van der Waals surface area (Å²) >= 11 is 3.30. The first kappa shape index (κ1) is 18.0. The summed E-state index contributed by atoms with van der Waals surface area (Å²) in [4.78, 5) is 18.7. The van der Waals surface area contributed by atoms with Gasteiger partial charge >= 0.3 is 0 Å². The van der Waals surface area contributed by atoms with E-state index in [-0.39, 0.29) is 23.9 Å². The van der Waals surface area contributed by atoms with Gasteiger partial charge in [0.05, 0.1) is 10.5 Å². The number of hydrogen-bond acceptors (Lipinski definition) is 4. The van der Waals surface area contributed by atoms with Crippen LogP contribution < -0.4 is 0 Å². The maximum Gasteiger partial charge on any atom is 0.255 e. The molecule has 0 radical (unpaired) electrons. The summed E-state index contributed by atoms with van der Waals surface area (Å²) in [6.45, 7) is 3.05. The topological polar surface area (TPSA) is 70.6 Å². The molecule has 132 valence electrons. The Morgan fingerprint density at radius 2 is 1.76 bits per heavy atom. The molecule has 0 unspecified atom stereocenters. The van der Waals surface area contributed by atoms with E-state index in [1.165, 1.54) is 4.31 Å². The molecule has 0 saturated carbocycles. The standard InChI is InChI=1S/C17H18BrN3O3S/c1-13-14(5-4-8-19-13)17(22)20-9-11-21(12-10-20)25(23,24)16-7-3-2-6-15(16)18/h2-8H,9-12H2,1H3. The fourth-order valence-electron chi connectivity index (χ4n) is 2.81. The molecule has 1 aliphatic rings. The van der Waals surface area contributed by atoms with Crippen molar-refractivity contribution in [1.29, 1.82) is 0 Å². The van der Waals surface area contributed by atoms with Crippen molar-refractivity contribution >= 4 is 31.9 Å². The lowest BCUT2D eigenvalue weighted by atomic mass is 10.1. The number of hydrogen-bond donors (Lipinski definition) is 0. The summed E-state index contributed by atoms with van der Waals surface area (Å²) in [7, 11) is -3.58. The lowest BCUT2D eigenvalue weighted by Crippen LogP contribution is -2.50. The molecule has 1 amide bonds. The van der Waals surface area contributed by atoms with Gasteiger partial charge in [-0.1, -0.05) is 12.1 Å². The number of amides is 1. The number of aryl methyl sites for hydroxylation is 1. The normalized spacial score (nSPS) is 16.0. The van der Waals surface area contributed by atoms with Gasteiger partial charge in [-0.15, -0.1) is 0 Å². The van der Waals surface area contributed by atoms with Crippen molar-refractivity contribution in [3.8, 4) is 0 Å². The highest BCUT2D eigenvalue weighted by Crippen LogP contribution is 2.25. The molecule has 2 heterocycles. The second-order valence-corrected chi connectivity index (χ2v) is 8.52. The Labute approximate surface area is 155 Å². The minimum absolute atomic E-state index is 0.108. The number of rotatable bonds is 3. The quantitative estimate of drug-likeness (QED) is 0.758. The fraction of sp³-hybridized carbons (Fsp3) is 0.294. The van der Waals surface area contributed by atoms with Crippen molar-refractivity contribution in [2.75, 3.05) is 26.2 Å². The third-order valence-corrected chi connectivity index (χ3v) is 7.13. The molecule has 6 nitrogen and oxygen atoms in total. The Bertz CT molecular complexity index is 894. The Balaban J connectivity index is 1.73. The van der Waals surface area contributed by atoms with Crippen molar-refractivity contribution in [2.24, 2.45) is 0 Å². The molecule has 1 aromatic heterocycles. The van der Waals surface area contributed by atoms with Crippen LogP contribution in [0.25, 0.3) is 0 Å². The predicted octanol–water partition coefficient (Wildman–Crippen LogP) is 2.30. The summed E-state index contributed by atoms with van der Waals surface area (Å²) in [6, 6.07) is 10.2. The molecular formula is C17H18BrN3O3S. The van der Waals surface area contributed by atoms with Crippen molar-refractivity contribution in [2.45, 2.75) is 11.8 Å². The molecule has 0 bridgehead atoms. The molecule has 1 saturated heterocycles. The van der Waals surface area contributed by atoms with Gasteiger partial charge < -0.3 is 4.90 Å². The number of piperazine rings is 1. The van der Waals surface area contributed by atoms with Gasteiger partial charge in [-0.2, -0.15) is 4.31 Å². The first-order chi connectivity index (χ1) is 11.9. The molecule has 8 heteroatoms. The van der Waals surface area contributed by atoms with Gasteiger partial charge in [0.1, 0.15) is 0 Å². The van der Waals surface area contributed by atoms with Crippen LogP contribution in [0.3, 0.4) is 0 Å². The summed E-state index contributed by atoms with van der Waals surface area (Å²) in [6.07, 6.45) is 1.65. The van der Waals surface area contributed by atoms with E-state index in [9.17, 15) is 13.2 Å². The van der Waals surface area contributed by atoms with E-state index in [0.717, 1.165) is 0 Å². The molecule has 1 fully saturated rings. The van der Waals surface area contributed by atoms with Crippen LogP contribution in [-0.4, -0.2) is 54.7 Å². The number of benzene rings is 1. The molecule has 0 N–H and O–H groups in total. The molecule has 1 aromatic carbocycles. The molecule has 1 aliphatic heterocycles. The van der Waals surface area contributed by atoms with Gasteiger partial charge in [-0.3, -0.25) is 9.78 Å². The van der Waals surface area contributed by atoms with Crippen molar-refractivity contribution < 1.29 is 13.2 Å². The first-order valence-corrected chi connectivity index (χ1v) is 10.1. The van der Waals surface area contributed by atoms with Crippen LogP contribution in [0.5, 0.6) is 0 Å². The SMILES string of the molecule is Cc1ncccc1C(=O)N1CCN(S(=O)(=O)c2ccccc2Br)CC1. The molecule has 0 atom stereocenters. The molecular weight excluding hydrogens is 406 g/mol. The number of halogens is 1. The van der Waals surface area contributed by atoms with E-state index >= 15 is 0 Å². The summed E-state index contributed by atoms with van der Waals surface area (Å²) in [5.74, 6) is -0.108. The molecule has 25 heavy (non-hydrogen) atoms. The Morgan fingerprint density at radius 1 is 1.08 bits per heavy atom. The van der Waals surface area contributed by atoms with Crippen LogP contribution in [-0.2, 0) is 10.0 Å². The van der Waals surface area contributed by atoms with Crippen molar-refractivity contribution in [3.63, 3.8) is 0 Å². The largest absolute Gasteiger partial charge is 0.336 e. The zero-order valence-corrected chi connectivity index (χ0v) is 16.1.